The van der Waals surface area contributed by atoms with E-state index in [1.807, 2.05) is 24.3 Å². The number of pyridine rings is 1. The van der Waals surface area contributed by atoms with Crippen LogP contribution in [-0.2, 0) is 14.5 Å². The minimum Gasteiger partial charge on any atom is -0.369 e. The predicted octanol–water partition coefficient (Wildman–Crippen LogP) is 5.27. The zero-order valence-corrected chi connectivity index (χ0v) is 23.9. The molecule has 6 rings (SSSR count). The lowest BCUT2D eigenvalue weighted by Crippen LogP contribution is -2.44. The molecule has 1 saturated heterocycles. The summed E-state index contributed by atoms with van der Waals surface area (Å²) in [5, 5.41) is 13.0. The summed E-state index contributed by atoms with van der Waals surface area (Å²) in [6.07, 6.45) is 1.94. The van der Waals surface area contributed by atoms with Crippen LogP contribution in [0.25, 0.3) is 21.1 Å². The summed E-state index contributed by atoms with van der Waals surface area (Å²) in [6, 6.07) is 12.9. The molecule has 1 amide bonds. The van der Waals surface area contributed by atoms with Crippen molar-refractivity contribution in [2.75, 3.05) is 29.5 Å². The van der Waals surface area contributed by atoms with Gasteiger partial charge in [-0.25, -0.2) is 18.0 Å². The second kappa shape index (κ2) is 10.8. The highest BCUT2D eigenvalue weighted by atomic mass is 32.2. The van der Waals surface area contributed by atoms with E-state index in [9.17, 15) is 23.0 Å². The lowest BCUT2D eigenvalue weighted by Gasteiger charge is -2.34. The first-order chi connectivity index (χ1) is 19.7. The van der Waals surface area contributed by atoms with Gasteiger partial charge in [0.25, 0.3) is 0 Å². The van der Waals surface area contributed by atoms with Crippen LogP contribution in [0.2, 0.25) is 0 Å². The maximum atomic E-state index is 14.8. The Morgan fingerprint density at radius 2 is 1.95 bits per heavy atom. The van der Waals surface area contributed by atoms with E-state index in [4.69, 9.17) is 9.76 Å². The van der Waals surface area contributed by atoms with Gasteiger partial charge in [0.1, 0.15) is 22.5 Å². The molecule has 1 aromatic carbocycles. The summed E-state index contributed by atoms with van der Waals surface area (Å²) in [7, 11) is -2.59. The largest absolute Gasteiger partial charge is 0.369 e. The minimum atomic E-state index is -2.59. The van der Waals surface area contributed by atoms with Crippen molar-refractivity contribution in [1.29, 1.82) is 10.0 Å². The van der Waals surface area contributed by atoms with Crippen molar-refractivity contribution < 1.29 is 17.8 Å². The summed E-state index contributed by atoms with van der Waals surface area (Å²) < 4.78 is 48.8. The zero-order chi connectivity index (χ0) is 28.8. The minimum absolute atomic E-state index is 0.0464. The number of carbonyl (C=O) groups is 1. The molecule has 2 N–H and O–H groups in total. The average molecular weight is 597 g/mol. The maximum Gasteiger partial charge on any atom is 0.225 e. The Labute approximate surface area is 241 Å². The van der Waals surface area contributed by atoms with Gasteiger partial charge >= 0.3 is 0 Å². The van der Waals surface area contributed by atoms with Crippen LogP contribution in [-0.4, -0.2) is 56.4 Å². The van der Waals surface area contributed by atoms with Gasteiger partial charge in [-0.2, -0.15) is 5.26 Å². The molecule has 3 atom stereocenters. The molecule has 3 fully saturated rings. The Balaban J connectivity index is 1.44. The van der Waals surface area contributed by atoms with Crippen LogP contribution in [0.4, 0.5) is 14.5 Å². The van der Waals surface area contributed by atoms with Crippen LogP contribution in [0.3, 0.4) is 0 Å². The van der Waals surface area contributed by atoms with Crippen molar-refractivity contribution in [2.24, 2.45) is 5.92 Å². The quantitative estimate of drug-likeness (QED) is 0.400. The van der Waals surface area contributed by atoms with Crippen LogP contribution in [0, 0.1) is 27.8 Å². The molecule has 1 aliphatic heterocycles. The van der Waals surface area contributed by atoms with Crippen molar-refractivity contribution in [1.82, 2.24) is 15.3 Å². The van der Waals surface area contributed by atoms with Gasteiger partial charge in [0.05, 0.1) is 28.5 Å². The number of rotatable bonds is 6. The normalized spacial score (nSPS) is 24.8. The fraction of sp³-hybridized carbons (Fsp3) is 0.448. The molecular weight excluding hydrogens is 566 g/mol. The molecule has 2 saturated carbocycles. The zero-order valence-electron chi connectivity index (χ0n) is 22.3. The van der Waals surface area contributed by atoms with E-state index < -0.39 is 39.1 Å². The Kier molecular flexibility index (Phi) is 7.28. The van der Waals surface area contributed by atoms with Crippen LogP contribution >= 0.6 is 11.3 Å². The molecule has 0 bridgehead atoms. The van der Waals surface area contributed by atoms with E-state index >= 15 is 0 Å². The summed E-state index contributed by atoms with van der Waals surface area (Å²) in [6.45, 7) is 0.960. The van der Waals surface area contributed by atoms with Gasteiger partial charge in [0.2, 0.25) is 5.91 Å². The van der Waals surface area contributed by atoms with E-state index in [1.165, 1.54) is 17.4 Å². The molecule has 3 heterocycles. The van der Waals surface area contributed by atoms with Gasteiger partial charge in [-0.15, -0.1) is 11.3 Å². The highest BCUT2D eigenvalue weighted by Gasteiger charge is 2.48. The van der Waals surface area contributed by atoms with Gasteiger partial charge in [-0.05, 0) is 50.3 Å². The van der Waals surface area contributed by atoms with Gasteiger partial charge in [-0.3, -0.25) is 14.6 Å². The Hall–Kier alpha value is -3.43. The molecular formula is C29H30F2N6O2S2. The highest BCUT2D eigenvalue weighted by Crippen LogP contribution is 2.48. The Morgan fingerprint density at radius 1 is 1.20 bits per heavy atom. The number of nitrogens with zero attached hydrogens (tertiary/aromatic N) is 4. The van der Waals surface area contributed by atoms with E-state index in [1.54, 1.807) is 6.07 Å². The molecule has 2 aliphatic carbocycles. The average Bonchev–Trinajstić information content (AvgIpc) is 3.60. The molecule has 3 aliphatic rings. The SMILES string of the molecule is N#CC1(NC(=O)[C@@H]2C[C@@H](F)CC[C@H]2c2nc(-c3ccc(F)cn3)sc2-c2ccccc2N2CCS(=N)(=O)CC2)CC1. The molecule has 8 nitrogen and oxygen atoms in total. The van der Waals surface area contributed by atoms with Crippen LogP contribution in [0.1, 0.15) is 43.7 Å². The van der Waals surface area contributed by atoms with Crippen molar-refractivity contribution in [3.63, 3.8) is 0 Å². The molecule has 2 aromatic heterocycles. The van der Waals surface area contributed by atoms with Gasteiger partial charge in [0.15, 0.2) is 0 Å². The monoisotopic (exact) mass is 596 g/mol. The number of hydrogen-bond acceptors (Lipinski definition) is 8. The standard InChI is InChI=1S/C29H30F2N6O2S2/c30-18-5-7-20(22(15-18)27(38)36-29(17-32)9-10-29)25-26(40-28(35-25)23-8-6-19(31)16-34-23)21-3-1-2-4-24(21)37-11-13-41(33,39)14-12-37/h1-4,6,8,16,18,20,22,33H,5,7,9-15H2,(H,36,38)/t18-,20+,22+/m0/s1. The summed E-state index contributed by atoms with van der Waals surface area (Å²) in [4.78, 5) is 25.7. The van der Waals surface area contributed by atoms with Crippen molar-refractivity contribution in [2.45, 2.75) is 49.7 Å². The topological polar surface area (TPSA) is 123 Å². The number of alkyl halides is 1. The Morgan fingerprint density at radius 3 is 2.63 bits per heavy atom. The molecule has 0 unspecified atom stereocenters. The van der Waals surface area contributed by atoms with Crippen molar-refractivity contribution in [3.05, 3.63) is 54.1 Å². The lowest BCUT2D eigenvalue weighted by molar-refractivity contribution is -0.128. The van der Waals surface area contributed by atoms with Crippen LogP contribution < -0.4 is 10.2 Å². The molecule has 214 valence electrons. The number of thiazole rings is 1. The molecule has 0 radical (unpaired) electrons. The van der Waals surface area contributed by atoms with E-state index in [-0.39, 0.29) is 23.8 Å². The smallest absolute Gasteiger partial charge is 0.225 e. The molecule has 12 heteroatoms. The number of amides is 1. The summed E-state index contributed by atoms with van der Waals surface area (Å²) >= 11 is 1.39. The summed E-state index contributed by atoms with van der Waals surface area (Å²) in [5.41, 5.74) is 2.08. The fourth-order valence-corrected chi connectivity index (χ4v) is 8.14. The summed E-state index contributed by atoms with van der Waals surface area (Å²) in [5.74, 6) is -1.31. The molecule has 3 aromatic rings. The second-order valence-corrected chi connectivity index (χ2v) is 14.6. The third-order valence-corrected chi connectivity index (χ3v) is 11.1. The fourth-order valence-electron chi connectivity index (χ4n) is 5.75. The maximum absolute atomic E-state index is 14.8. The number of nitriles is 1. The van der Waals surface area contributed by atoms with Crippen molar-refractivity contribution >= 4 is 32.7 Å². The second-order valence-electron chi connectivity index (χ2n) is 11.1. The first kappa shape index (κ1) is 27.7. The van der Waals surface area contributed by atoms with Crippen molar-refractivity contribution in [3.8, 4) is 27.2 Å². The molecule has 41 heavy (non-hydrogen) atoms. The number of halogens is 2. The van der Waals surface area contributed by atoms with Gasteiger partial charge in [-0.1, -0.05) is 18.2 Å². The number of carbonyl (C=O) groups excluding carboxylic acids is 1. The first-order valence-electron chi connectivity index (χ1n) is 13.8. The number of hydrogen-bond donors (Lipinski definition) is 2. The van der Waals surface area contributed by atoms with Crippen LogP contribution in [0.5, 0.6) is 0 Å². The van der Waals surface area contributed by atoms with E-state index in [2.05, 4.69) is 21.3 Å². The van der Waals surface area contributed by atoms with Gasteiger partial charge in [0, 0.05) is 57.4 Å². The van der Waals surface area contributed by atoms with Gasteiger partial charge < -0.3 is 10.2 Å². The van der Waals surface area contributed by atoms with E-state index in [0.717, 1.165) is 22.3 Å². The number of para-hydroxylation sites is 1. The van der Waals surface area contributed by atoms with Crippen LogP contribution in [0.15, 0.2) is 42.6 Å². The number of benzene rings is 1. The number of aromatic nitrogens is 2. The third-order valence-electron chi connectivity index (χ3n) is 8.27. The Bertz CT molecular complexity index is 1600. The third kappa shape index (κ3) is 5.70. The number of nitrogens with one attached hydrogen (secondary N) is 2. The molecule has 0 spiro atoms. The highest BCUT2D eigenvalue weighted by molar-refractivity contribution is 7.92. The number of anilines is 1. The lowest BCUT2D eigenvalue weighted by atomic mass is 9.75. The van der Waals surface area contributed by atoms with E-state index in [0.29, 0.717) is 55.2 Å². The first-order valence-corrected chi connectivity index (χ1v) is 16.5. The predicted molar refractivity (Wildman–Crippen MR) is 154 cm³/mol.